The van der Waals surface area contributed by atoms with Gasteiger partial charge >= 0.3 is 0 Å². The summed E-state index contributed by atoms with van der Waals surface area (Å²) in [5, 5.41) is 13.8. The van der Waals surface area contributed by atoms with Crippen LogP contribution in [0.2, 0.25) is 0 Å². The molecule has 4 heteroatoms. The number of rotatable bonds is 2. The maximum atomic E-state index is 12.3. The Kier molecular flexibility index (Phi) is 2.78. The van der Waals surface area contributed by atoms with E-state index in [0.29, 0.717) is 11.3 Å². The Morgan fingerprint density at radius 2 is 2.05 bits per heavy atom. The van der Waals surface area contributed by atoms with Gasteiger partial charge in [0.25, 0.3) is 5.91 Å². The zero-order valence-corrected chi connectivity index (χ0v) is 11.3. The maximum absolute atomic E-state index is 12.3. The molecule has 19 heavy (non-hydrogen) atoms. The molecule has 102 valence electrons. The number of hydrogen-bond acceptors (Lipinski definition) is 3. The first kappa shape index (κ1) is 12.5. The molecule has 1 amide bonds. The van der Waals surface area contributed by atoms with Gasteiger partial charge < -0.3 is 15.2 Å². The van der Waals surface area contributed by atoms with Crippen molar-refractivity contribution in [2.24, 2.45) is 5.92 Å². The molecule has 1 aliphatic heterocycles. The summed E-state index contributed by atoms with van der Waals surface area (Å²) in [5.41, 5.74) is 0.976. The highest BCUT2D eigenvalue weighted by Crippen LogP contribution is 2.49. The van der Waals surface area contributed by atoms with Crippen molar-refractivity contribution >= 4 is 11.6 Å². The molecule has 0 radical (unpaired) electrons. The quantitative estimate of drug-likeness (QED) is 0.859. The van der Waals surface area contributed by atoms with E-state index in [1.807, 2.05) is 13.0 Å². The van der Waals surface area contributed by atoms with Gasteiger partial charge in [0.1, 0.15) is 5.75 Å². The summed E-state index contributed by atoms with van der Waals surface area (Å²) in [6.45, 7) is 1.92. The summed E-state index contributed by atoms with van der Waals surface area (Å²) < 4.78 is 5.26. The molecule has 0 spiro atoms. The van der Waals surface area contributed by atoms with Gasteiger partial charge in [0, 0.05) is 11.5 Å². The molecule has 2 N–H and O–H groups in total. The first-order chi connectivity index (χ1) is 9.07. The number of fused-ring (bicyclic) bond motifs is 1. The third-order valence-electron chi connectivity index (χ3n) is 4.49. The molecule has 1 atom stereocenters. The van der Waals surface area contributed by atoms with E-state index in [4.69, 9.17) is 4.74 Å². The molecule has 1 fully saturated rings. The molecule has 0 aromatic heterocycles. The van der Waals surface area contributed by atoms with Crippen LogP contribution in [-0.4, -0.2) is 18.1 Å². The van der Waals surface area contributed by atoms with Crippen molar-refractivity contribution in [2.75, 3.05) is 12.4 Å². The highest BCUT2D eigenvalue weighted by Gasteiger charge is 2.52. The van der Waals surface area contributed by atoms with Crippen LogP contribution in [0.4, 0.5) is 5.69 Å². The second-order valence-corrected chi connectivity index (χ2v) is 5.57. The normalized spacial score (nSPS) is 26.4. The van der Waals surface area contributed by atoms with Crippen LogP contribution in [0.25, 0.3) is 0 Å². The lowest BCUT2D eigenvalue weighted by atomic mass is 9.80. The molecule has 1 aromatic rings. The van der Waals surface area contributed by atoms with Gasteiger partial charge in [0.05, 0.1) is 12.8 Å². The zero-order chi connectivity index (χ0) is 13.6. The van der Waals surface area contributed by atoms with Crippen molar-refractivity contribution in [1.82, 2.24) is 0 Å². The number of hydrogen-bond donors (Lipinski definition) is 2. The van der Waals surface area contributed by atoms with Gasteiger partial charge in [-0.15, -0.1) is 0 Å². The summed E-state index contributed by atoms with van der Waals surface area (Å²) in [6, 6.07) is 3.66. The SMILES string of the molecule is COc1cc(C)c2c(c1)C(O)(C1CCCC1)C(=O)N2. The van der Waals surface area contributed by atoms with Gasteiger partial charge in [0.2, 0.25) is 0 Å². The number of anilines is 1. The molecule has 3 rings (SSSR count). The van der Waals surface area contributed by atoms with Crippen molar-refractivity contribution in [1.29, 1.82) is 0 Å². The summed E-state index contributed by atoms with van der Waals surface area (Å²) in [5.74, 6) is 0.412. The van der Waals surface area contributed by atoms with Crippen molar-refractivity contribution in [3.8, 4) is 5.75 Å². The van der Waals surface area contributed by atoms with E-state index in [-0.39, 0.29) is 11.8 Å². The highest BCUT2D eigenvalue weighted by molar-refractivity contribution is 6.06. The smallest absolute Gasteiger partial charge is 0.261 e. The summed E-state index contributed by atoms with van der Waals surface area (Å²) >= 11 is 0. The minimum atomic E-state index is -1.38. The summed E-state index contributed by atoms with van der Waals surface area (Å²) in [7, 11) is 1.60. The first-order valence-corrected chi connectivity index (χ1v) is 6.80. The Balaban J connectivity index is 2.14. The molecule has 1 unspecified atom stereocenters. The number of carbonyl (C=O) groups is 1. The van der Waals surface area contributed by atoms with Gasteiger partial charge in [-0.3, -0.25) is 4.79 Å². The lowest BCUT2D eigenvalue weighted by Gasteiger charge is -2.28. The molecule has 1 aliphatic carbocycles. The van der Waals surface area contributed by atoms with Crippen LogP contribution in [0.1, 0.15) is 36.8 Å². The third kappa shape index (κ3) is 1.66. The lowest BCUT2D eigenvalue weighted by Crippen LogP contribution is -2.40. The molecule has 0 bridgehead atoms. The Morgan fingerprint density at radius 3 is 2.68 bits per heavy atom. The number of aryl methyl sites for hydroxylation is 1. The number of methoxy groups -OCH3 is 1. The van der Waals surface area contributed by atoms with E-state index in [0.717, 1.165) is 36.9 Å². The molecule has 1 saturated carbocycles. The number of aliphatic hydroxyl groups is 1. The number of carbonyl (C=O) groups excluding carboxylic acids is 1. The topological polar surface area (TPSA) is 58.6 Å². The van der Waals surface area contributed by atoms with Crippen molar-refractivity contribution in [2.45, 2.75) is 38.2 Å². The Morgan fingerprint density at radius 1 is 1.37 bits per heavy atom. The van der Waals surface area contributed by atoms with Gasteiger partial charge in [-0.25, -0.2) is 0 Å². The van der Waals surface area contributed by atoms with E-state index >= 15 is 0 Å². The van der Waals surface area contributed by atoms with Crippen LogP contribution in [0, 0.1) is 12.8 Å². The number of amides is 1. The van der Waals surface area contributed by atoms with Gasteiger partial charge in [-0.2, -0.15) is 0 Å². The number of ether oxygens (including phenoxy) is 1. The van der Waals surface area contributed by atoms with E-state index in [1.54, 1.807) is 13.2 Å². The minimum absolute atomic E-state index is 0.0141. The first-order valence-electron chi connectivity index (χ1n) is 6.80. The van der Waals surface area contributed by atoms with E-state index in [1.165, 1.54) is 0 Å². The fourth-order valence-electron chi connectivity index (χ4n) is 3.42. The molecule has 4 nitrogen and oxygen atoms in total. The monoisotopic (exact) mass is 261 g/mol. The standard InChI is InChI=1S/C15H19NO3/c1-9-7-11(19-2)8-12-13(9)16-14(17)15(12,18)10-5-3-4-6-10/h7-8,10,18H,3-6H2,1-2H3,(H,16,17). The lowest BCUT2D eigenvalue weighted by molar-refractivity contribution is -0.139. The predicted molar refractivity (Wildman–Crippen MR) is 72.2 cm³/mol. The largest absolute Gasteiger partial charge is 0.497 e. The molecule has 1 heterocycles. The fraction of sp³-hybridized carbons (Fsp3) is 0.533. The predicted octanol–water partition coefficient (Wildman–Crippen LogP) is 2.33. The molecular weight excluding hydrogens is 242 g/mol. The zero-order valence-electron chi connectivity index (χ0n) is 11.3. The number of benzene rings is 1. The second kappa shape index (κ2) is 4.23. The molecule has 1 aromatic carbocycles. The highest BCUT2D eigenvalue weighted by atomic mass is 16.5. The van der Waals surface area contributed by atoms with Crippen molar-refractivity contribution < 1.29 is 14.6 Å². The Hall–Kier alpha value is -1.55. The van der Waals surface area contributed by atoms with Gasteiger partial charge in [-0.05, 0) is 37.5 Å². The van der Waals surface area contributed by atoms with Crippen LogP contribution < -0.4 is 10.1 Å². The Bertz CT molecular complexity index is 534. The third-order valence-corrected chi connectivity index (χ3v) is 4.49. The molecular formula is C15H19NO3. The second-order valence-electron chi connectivity index (χ2n) is 5.57. The van der Waals surface area contributed by atoms with Gasteiger partial charge in [0.15, 0.2) is 5.60 Å². The molecule has 2 aliphatic rings. The van der Waals surface area contributed by atoms with Crippen molar-refractivity contribution in [3.05, 3.63) is 23.3 Å². The van der Waals surface area contributed by atoms with Crippen LogP contribution in [0.3, 0.4) is 0 Å². The van der Waals surface area contributed by atoms with E-state index < -0.39 is 5.60 Å². The minimum Gasteiger partial charge on any atom is -0.497 e. The van der Waals surface area contributed by atoms with Crippen LogP contribution in [0.15, 0.2) is 12.1 Å². The number of nitrogens with one attached hydrogen (secondary N) is 1. The van der Waals surface area contributed by atoms with Crippen LogP contribution in [-0.2, 0) is 10.4 Å². The van der Waals surface area contributed by atoms with Crippen molar-refractivity contribution in [3.63, 3.8) is 0 Å². The van der Waals surface area contributed by atoms with Gasteiger partial charge in [-0.1, -0.05) is 12.8 Å². The Labute approximate surface area is 112 Å². The van der Waals surface area contributed by atoms with Crippen LogP contribution >= 0.6 is 0 Å². The summed E-state index contributed by atoms with van der Waals surface area (Å²) in [6.07, 6.45) is 3.97. The maximum Gasteiger partial charge on any atom is 0.261 e. The average Bonchev–Trinajstić information content (AvgIpc) is 3.00. The average molecular weight is 261 g/mol. The van der Waals surface area contributed by atoms with Crippen LogP contribution in [0.5, 0.6) is 5.75 Å². The van der Waals surface area contributed by atoms with E-state index in [2.05, 4.69) is 5.32 Å². The van der Waals surface area contributed by atoms with E-state index in [9.17, 15) is 9.90 Å². The molecule has 0 saturated heterocycles. The fourth-order valence-corrected chi connectivity index (χ4v) is 3.42. The summed E-state index contributed by atoms with van der Waals surface area (Å²) in [4.78, 5) is 12.3.